The number of hydrogen-bond acceptors (Lipinski definition) is 3. The van der Waals surface area contributed by atoms with Crippen molar-refractivity contribution in [2.75, 3.05) is 0 Å². The normalized spacial score (nSPS) is 47.5. The molecule has 0 radical (unpaired) electrons. The SMILES string of the molecule is CC[C@]1(OC(C)O)CCC[C@H]2C3C=CC4=CC(=O)CCC4(C)[C@H]3CCC21C. The first-order chi connectivity index (χ1) is 12.8. The first-order valence-electron chi connectivity index (χ1n) is 11.0. The van der Waals surface area contributed by atoms with Gasteiger partial charge in [-0.1, -0.05) is 39.3 Å². The van der Waals surface area contributed by atoms with Crippen molar-refractivity contribution in [2.45, 2.75) is 91.0 Å². The maximum absolute atomic E-state index is 12.0. The number of carbonyl (C=O) groups is 1. The average Bonchev–Trinajstić information content (AvgIpc) is 2.62. The molecular formula is C24H36O3. The number of aliphatic hydroxyl groups excluding tert-OH is 1. The van der Waals surface area contributed by atoms with Crippen LogP contribution in [-0.4, -0.2) is 22.8 Å². The van der Waals surface area contributed by atoms with E-state index >= 15 is 0 Å². The summed E-state index contributed by atoms with van der Waals surface area (Å²) in [6.07, 6.45) is 14.4. The van der Waals surface area contributed by atoms with E-state index in [4.69, 9.17) is 4.74 Å². The van der Waals surface area contributed by atoms with Gasteiger partial charge in [0, 0.05) is 11.8 Å². The van der Waals surface area contributed by atoms with Gasteiger partial charge in [0.15, 0.2) is 12.1 Å². The molecule has 0 spiro atoms. The van der Waals surface area contributed by atoms with Gasteiger partial charge >= 0.3 is 0 Å². The van der Waals surface area contributed by atoms with Crippen LogP contribution in [0.15, 0.2) is 23.8 Å². The van der Waals surface area contributed by atoms with Crippen LogP contribution in [0.5, 0.6) is 0 Å². The predicted octanol–water partition coefficient (Wildman–Crippen LogP) is 5.19. The van der Waals surface area contributed by atoms with Gasteiger partial charge in [0.25, 0.3) is 0 Å². The van der Waals surface area contributed by atoms with Crippen LogP contribution in [0.2, 0.25) is 0 Å². The fourth-order valence-electron chi connectivity index (χ4n) is 7.49. The first kappa shape index (κ1) is 19.4. The second kappa shape index (κ2) is 6.56. The van der Waals surface area contributed by atoms with Crippen molar-refractivity contribution in [3.05, 3.63) is 23.8 Å². The molecule has 27 heavy (non-hydrogen) atoms. The Labute approximate surface area is 164 Å². The Morgan fingerprint density at radius 2 is 2.00 bits per heavy atom. The van der Waals surface area contributed by atoms with Crippen LogP contribution < -0.4 is 0 Å². The minimum atomic E-state index is -0.712. The second-order valence-corrected chi connectivity index (χ2v) is 10.0. The van der Waals surface area contributed by atoms with Crippen molar-refractivity contribution in [2.24, 2.45) is 28.6 Å². The van der Waals surface area contributed by atoms with Gasteiger partial charge in [0.1, 0.15) is 0 Å². The molecule has 0 heterocycles. The van der Waals surface area contributed by atoms with E-state index in [0.717, 1.165) is 25.7 Å². The van der Waals surface area contributed by atoms with E-state index in [1.165, 1.54) is 24.8 Å². The number of ketones is 1. The lowest BCUT2D eigenvalue weighted by molar-refractivity contribution is -0.264. The molecule has 4 unspecified atom stereocenters. The highest BCUT2D eigenvalue weighted by Crippen LogP contribution is 2.66. The van der Waals surface area contributed by atoms with Gasteiger partial charge < -0.3 is 9.84 Å². The Morgan fingerprint density at radius 1 is 1.22 bits per heavy atom. The van der Waals surface area contributed by atoms with Gasteiger partial charge in [-0.25, -0.2) is 0 Å². The van der Waals surface area contributed by atoms with E-state index in [1.54, 1.807) is 6.92 Å². The zero-order valence-electron chi connectivity index (χ0n) is 17.5. The summed E-state index contributed by atoms with van der Waals surface area (Å²) in [4.78, 5) is 12.0. The highest BCUT2D eigenvalue weighted by Gasteiger charge is 2.61. The van der Waals surface area contributed by atoms with Gasteiger partial charge in [-0.3, -0.25) is 4.79 Å². The van der Waals surface area contributed by atoms with E-state index in [-0.39, 0.29) is 16.4 Å². The fourth-order valence-corrected chi connectivity index (χ4v) is 7.49. The third kappa shape index (κ3) is 2.72. The van der Waals surface area contributed by atoms with Crippen molar-refractivity contribution in [1.82, 2.24) is 0 Å². The average molecular weight is 373 g/mol. The second-order valence-electron chi connectivity index (χ2n) is 10.0. The Bertz CT molecular complexity index is 677. The number of allylic oxidation sites excluding steroid dienone is 4. The molecule has 0 amide bonds. The highest BCUT2D eigenvalue weighted by atomic mass is 16.6. The molecule has 3 nitrogen and oxygen atoms in total. The molecule has 7 atom stereocenters. The van der Waals surface area contributed by atoms with Crippen LogP contribution in [-0.2, 0) is 9.53 Å². The Morgan fingerprint density at radius 3 is 2.70 bits per heavy atom. The number of fused-ring (bicyclic) bond motifs is 5. The summed E-state index contributed by atoms with van der Waals surface area (Å²) < 4.78 is 6.30. The monoisotopic (exact) mass is 372 g/mol. The summed E-state index contributed by atoms with van der Waals surface area (Å²) in [7, 11) is 0. The molecule has 3 heteroatoms. The Hall–Kier alpha value is -0.930. The maximum Gasteiger partial charge on any atom is 0.156 e. The van der Waals surface area contributed by atoms with E-state index in [1.807, 2.05) is 6.08 Å². The molecule has 0 aromatic heterocycles. The lowest BCUT2D eigenvalue weighted by Crippen LogP contribution is -2.61. The standard InChI is InChI=1S/C24H36O3/c1-5-24(27-16(2)25)12-6-7-21-19-9-8-17-15-18(26)10-13-22(17,3)20(19)11-14-23(21,24)4/h8-9,15-16,19-21,25H,5-7,10-14H2,1-4H3/t16?,19?,20-,21-,22?,23?,24-/m0/s1. The maximum atomic E-state index is 12.0. The number of rotatable bonds is 3. The Balaban J connectivity index is 1.73. The molecule has 0 bridgehead atoms. The molecule has 1 N–H and O–H groups in total. The largest absolute Gasteiger partial charge is 0.368 e. The van der Waals surface area contributed by atoms with Crippen molar-refractivity contribution >= 4 is 5.78 Å². The van der Waals surface area contributed by atoms with Crippen LogP contribution in [0.25, 0.3) is 0 Å². The van der Waals surface area contributed by atoms with Gasteiger partial charge in [0.05, 0.1) is 5.60 Å². The van der Waals surface area contributed by atoms with Gasteiger partial charge in [-0.2, -0.15) is 0 Å². The molecule has 4 aliphatic rings. The van der Waals surface area contributed by atoms with Gasteiger partial charge in [-0.05, 0) is 80.3 Å². The number of ether oxygens (including phenoxy) is 1. The summed E-state index contributed by atoms with van der Waals surface area (Å²) in [6.45, 7) is 8.82. The molecule has 0 aliphatic heterocycles. The minimum absolute atomic E-state index is 0.102. The van der Waals surface area contributed by atoms with E-state index < -0.39 is 6.29 Å². The van der Waals surface area contributed by atoms with Crippen molar-refractivity contribution in [3.8, 4) is 0 Å². The van der Waals surface area contributed by atoms with Crippen molar-refractivity contribution < 1.29 is 14.6 Å². The molecule has 0 aromatic carbocycles. The molecule has 0 saturated heterocycles. The zero-order valence-corrected chi connectivity index (χ0v) is 17.5. The molecule has 4 aliphatic carbocycles. The van der Waals surface area contributed by atoms with Crippen LogP contribution in [0, 0.1) is 28.6 Å². The topological polar surface area (TPSA) is 46.5 Å². The van der Waals surface area contributed by atoms with Crippen molar-refractivity contribution in [1.29, 1.82) is 0 Å². The number of aliphatic hydroxyl groups is 1. The summed E-state index contributed by atoms with van der Waals surface area (Å²) in [5.41, 5.74) is 1.29. The highest BCUT2D eigenvalue weighted by molar-refractivity contribution is 5.92. The molecule has 4 rings (SSSR count). The molecule has 2 saturated carbocycles. The van der Waals surface area contributed by atoms with Gasteiger partial charge in [-0.15, -0.1) is 0 Å². The molecule has 2 fully saturated rings. The van der Waals surface area contributed by atoms with E-state index in [0.29, 0.717) is 30.0 Å². The molecule has 150 valence electrons. The van der Waals surface area contributed by atoms with E-state index in [2.05, 4.69) is 32.9 Å². The summed E-state index contributed by atoms with van der Waals surface area (Å²) in [6, 6.07) is 0. The Kier molecular flexibility index (Phi) is 4.71. The van der Waals surface area contributed by atoms with E-state index in [9.17, 15) is 9.90 Å². The van der Waals surface area contributed by atoms with Crippen LogP contribution in [0.1, 0.15) is 79.1 Å². The smallest absolute Gasteiger partial charge is 0.156 e. The van der Waals surface area contributed by atoms with Crippen LogP contribution in [0.3, 0.4) is 0 Å². The summed E-state index contributed by atoms with van der Waals surface area (Å²) in [5, 5.41) is 10.1. The quantitative estimate of drug-likeness (QED) is 0.694. The van der Waals surface area contributed by atoms with Crippen LogP contribution >= 0.6 is 0 Å². The lowest BCUT2D eigenvalue weighted by Gasteiger charge is -2.64. The first-order valence-corrected chi connectivity index (χ1v) is 11.0. The third-order valence-corrected chi connectivity index (χ3v) is 9.01. The van der Waals surface area contributed by atoms with Crippen molar-refractivity contribution in [3.63, 3.8) is 0 Å². The fraction of sp³-hybridized carbons (Fsp3) is 0.792. The molecular weight excluding hydrogens is 336 g/mol. The van der Waals surface area contributed by atoms with Crippen LogP contribution in [0.4, 0.5) is 0 Å². The molecule has 0 aromatic rings. The summed E-state index contributed by atoms with van der Waals surface area (Å²) >= 11 is 0. The predicted molar refractivity (Wildman–Crippen MR) is 107 cm³/mol. The van der Waals surface area contributed by atoms with Gasteiger partial charge in [0.2, 0.25) is 0 Å². The third-order valence-electron chi connectivity index (χ3n) is 9.01. The number of hydrogen-bond donors (Lipinski definition) is 1. The minimum Gasteiger partial charge on any atom is -0.368 e. The zero-order chi connectivity index (χ0) is 19.4. The number of carbonyl (C=O) groups excluding carboxylic acids is 1. The summed E-state index contributed by atoms with van der Waals surface area (Å²) in [5.74, 6) is 2.07. The lowest BCUT2D eigenvalue weighted by atomic mass is 9.43.